The lowest BCUT2D eigenvalue weighted by molar-refractivity contribution is 0.0349. The molecule has 2 atom stereocenters. The first-order valence-electron chi connectivity index (χ1n) is 7.62. The molecule has 0 saturated carbocycles. The highest BCUT2D eigenvalue weighted by Gasteiger charge is 2.25. The summed E-state index contributed by atoms with van der Waals surface area (Å²) in [5, 5.41) is 3.76. The van der Waals surface area contributed by atoms with Gasteiger partial charge in [-0.3, -0.25) is 0 Å². The standard InChI is InChI=1S/C15H31NO/c1-4-9-16-15(11-13(5-2)6-3)14-8-7-10-17-12-14/h13-16H,4-12H2,1-3H3. The van der Waals surface area contributed by atoms with Crippen LogP contribution in [0.1, 0.15) is 59.3 Å². The summed E-state index contributed by atoms with van der Waals surface area (Å²) in [4.78, 5) is 0. The lowest BCUT2D eigenvalue weighted by Gasteiger charge is -2.33. The maximum Gasteiger partial charge on any atom is 0.0509 e. The van der Waals surface area contributed by atoms with E-state index in [-0.39, 0.29) is 0 Å². The summed E-state index contributed by atoms with van der Waals surface area (Å²) in [7, 11) is 0. The summed E-state index contributed by atoms with van der Waals surface area (Å²) in [5.74, 6) is 1.63. The van der Waals surface area contributed by atoms with Crippen LogP contribution in [0.15, 0.2) is 0 Å². The highest BCUT2D eigenvalue weighted by Crippen LogP contribution is 2.24. The lowest BCUT2D eigenvalue weighted by atomic mass is 9.85. The second kappa shape index (κ2) is 8.93. The van der Waals surface area contributed by atoms with Crippen LogP contribution in [-0.2, 0) is 4.74 Å². The molecular formula is C15H31NO. The fraction of sp³-hybridized carbons (Fsp3) is 1.00. The summed E-state index contributed by atoms with van der Waals surface area (Å²) in [6.07, 6.45) is 7.79. The minimum Gasteiger partial charge on any atom is -0.381 e. The molecule has 0 amide bonds. The number of ether oxygens (including phenoxy) is 1. The van der Waals surface area contributed by atoms with Gasteiger partial charge in [-0.1, -0.05) is 33.6 Å². The molecular weight excluding hydrogens is 210 g/mol. The van der Waals surface area contributed by atoms with Crippen LogP contribution in [-0.4, -0.2) is 25.8 Å². The van der Waals surface area contributed by atoms with E-state index in [1.54, 1.807) is 0 Å². The number of rotatable bonds is 8. The molecule has 0 aromatic rings. The van der Waals surface area contributed by atoms with Gasteiger partial charge in [0.15, 0.2) is 0 Å². The molecule has 1 heterocycles. The second-order valence-corrected chi connectivity index (χ2v) is 5.46. The first-order valence-corrected chi connectivity index (χ1v) is 7.62. The van der Waals surface area contributed by atoms with Gasteiger partial charge < -0.3 is 10.1 Å². The predicted molar refractivity (Wildman–Crippen MR) is 74.3 cm³/mol. The second-order valence-electron chi connectivity index (χ2n) is 5.46. The lowest BCUT2D eigenvalue weighted by Crippen LogP contribution is -2.41. The first-order chi connectivity index (χ1) is 8.31. The van der Waals surface area contributed by atoms with Crippen LogP contribution in [0.5, 0.6) is 0 Å². The van der Waals surface area contributed by atoms with Crippen LogP contribution in [0.4, 0.5) is 0 Å². The average molecular weight is 241 g/mol. The molecule has 0 radical (unpaired) electrons. The Hall–Kier alpha value is -0.0800. The van der Waals surface area contributed by atoms with E-state index in [1.165, 1.54) is 38.5 Å². The Labute approximate surface area is 108 Å². The zero-order valence-corrected chi connectivity index (χ0v) is 12.0. The first kappa shape index (κ1) is 15.0. The van der Waals surface area contributed by atoms with Crippen molar-refractivity contribution < 1.29 is 4.74 Å². The number of nitrogens with one attached hydrogen (secondary N) is 1. The summed E-state index contributed by atoms with van der Waals surface area (Å²) >= 11 is 0. The van der Waals surface area contributed by atoms with Gasteiger partial charge in [0, 0.05) is 12.6 Å². The smallest absolute Gasteiger partial charge is 0.0509 e. The highest BCUT2D eigenvalue weighted by molar-refractivity contribution is 4.80. The van der Waals surface area contributed by atoms with Crippen molar-refractivity contribution in [2.45, 2.75) is 65.3 Å². The molecule has 0 aromatic carbocycles. The Morgan fingerprint density at radius 3 is 2.53 bits per heavy atom. The number of hydrogen-bond donors (Lipinski definition) is 1. The minimum absolute atomic E-state index is 0.681. The third kappa shape index (κ3) is 5.39. The average Bonchev–Trinajstić information content (AvgIpc) is 2.40. The molecule has 0 spiro atoms. The van der Waals surface area contributed by atoms with Crippen LogP contribution >= 0.6 is 0 Å². The fourth-order valence-electron chi connectivity index (χ4n) is 2.84. The summed E-state index contributed by atoms with van der Waals surface area (Å²) in [6.45, 7) is 9.99. The zero-order chi connectivity index (χ0) is 12.5. The van der Waals surface area contributed by atoms with Gasteiger partial charge in [0.25, 0.3) is 0 Å². The molecule has 1 N–H and O–H groups in total. The molecule has 102 valence electrons. The molecule has 17 heavy (non-hydrogen) atoms. The third-order valence-corrected chi connectivity index (χ3v) is 4.16. The molecule has 0 bridgehead atoms. The van der Waals surface area contributed by atoms with Crippen molar-refractivity contribution in [1.82, 2.24) is 5.32 Å². The molecule has 1 fully saturated rings. The van der Waals surface area contributed by atoms with E-state index in [1.807, 2.05) is 0 Å². The Balaban J connectivity index is 2.45. The van der Waals surface area contributed by atoms with E-state index in [4.69, 9.17) is 4.74 Å². The molecule has 1 aliphatic heterocycles. The Morgan fingerprint density at radius 1 is 1.24 bits per heavy atom. The highest BCUT2D eigenvalue weighted by atomic mass is 16.5. The molecule has 1 aliphatic rings. The topological polar surface area (TPSA) is 21.3 Å². The van der Waals surface area contributed by atoms with Crippen LogP contribution in [0.25, 0.3) is 0 Å². The van der Waals surface area contributed by atoms with Gasteiger partial charge in [-0.05, 0) is 44.1 Å². The van der Waals surface area contributed by atoms with Gasteiger partial charge in [-0.2, -0.15) is 0 Å². The van der Waals surface area contributed by atoms with Crippen molar-refractivity contribution in [1.29, 1.82) is 0 Å². The van der Waals surface area contributed by atoms with Crippen LogP contribution in [0.2, 0.25) is 0 Å². The van der Waals surface area contributed by atoms with E-state index in [0.717, 1.165) is 31.6 Å². The quantitative estimate of drug-likeness (QED) is 0.701. The van der Waals surface area contributed by atoms with E-state index in [9.17, 15) is 0 Å². The summed E-state index contributed by atoms with van der Waals surface area (Å²) in [5.41, 5.74) is 0. The summed E-state index contributed by atoms with van der Waals surface area (Å²) < 4.78 is 5.65. The maximum absolute atomic E-state index is 5.65. The molecule has 2 nitrogen and oxygen atoms in total. The van der Waals surface area contributed by atoms with Crippen molar-refractivity contribution >= 4 is 0 Å². The van der Waals surface area contributed by atoms with Crippen molar-refractivity contribution in [3.05, 3.63) is 0 Å². The van der Waals surface area contributed by atoms with Crippen molar-refractivity contribution in [3.63, 3.8) is 0 Å². The Morgan fingerprint density at radius 2 is 2.00 bits per heavy atom. The minimum atomic E-state index is 0.681. The summed E-state index contributed by atoms with van der Waals surface area (Å²) in [6, 6.07) is 0.681. The van der Waals surface area contributed by atoms with Crippen molar-refractivity contribution in [3.8, 4) is 0 Å². The van der Waals surface area contributed by atoms with Crippen molar-refractivity contribution in [2.75, 3.05) is 19.8 Å². The van der Waals surface area contributed by atoms with E-state index < -0.39 is 0 Å². The normalized spacial score (nSPS) is 22.9. The molecule has 2 heteroatoms. The molecule has 1 rings (SSSR count). The van der Waals surface area contributed by atoms with Gasteiger partial charge in [-0.25, -0.2) is 0 Å². The van der Waals surface area contributed by atoms with Gasteiger partial charge in [-0.15, -0.1) is 0 Å². The number of hydrogen-bond acceptors (Lipinski definition) is 2. The Kier molecular flexibility index (Phi) is 7.87. The fourth-order valence-corrected chi connectivity index (χ4v) is 2.84. The molecule has 1 saturated heterocycles. The van der Waals surface area contributed by atoms with Crippen molar-refractivity contribution in [2.24, 2.45) is 11.8 Å². The van der Waals surface area contributed by atoms with Crippen LogP contribution in [0, 0.1) is 11.8 Å². The van der Waals surface area contributed by atoms with Gasteiger partial charge in [0.05, 0.1) is 6.61 Å². The monoisotopic (exact) mass is 241 g/mol. The van der Waals surface area contributed by atoms with E-state index in [0.29, 0.717) is 6.04 Å². The Bertz CT molecular complexity index is 174. The predicted octanol–water partition coefficient (Wildman–Crippen LogP) is 3.61. The van der Waals surface area contributed by atoms with Gasteiger partial charge in [0.2, 0.25) is 0 Å². The molecule has 0 aromatic heterocycles. The maximum atomic E-state index is 5.65. The van der Waals surface area contributed by atoms with E-state index in [2.05, 4.69) is 26.1 Å². The zero-order valence-electron chi connectivity index (χ0n) is 12.0. The van der Waals surface area contributed by atoms with Crippen LogP contribution in [0.3, 0.4) is 0 Å². The third-order valence-electron chi connectivity index (χ3n) is 4.16. The largest absolute Gasteiger partial charge is 0.381 e. The van der Waals surface area contributed by atoms with Crippen LogP contribution < -0.4 is 5.32 Å². The SMILES string of the molecule is CCCNC(CC(CC)CC)C1CCCOC1. The van der Waals surface area contributed by atoms with Gasteiger partial charge in [0.1, 0.15) is 0 Å². The van der Waals surface area contributed by atoms with Gasteiger partial charge >= 0.3 is 0 Å². The molecule has 2 unspecified atom stereocenters. The molecule has 0 aliphatic carbocycles. The van der Waals surface area contributed by atoms with E-state index >= 15 is 0 Å².